The lowest BCUT2D eigenvalue weighted by atomic mass is 9.93. The highest BCUT2D eigenvalue weighted by atomic mass is 19.3. The maximum absolute atomic E-state index is 12.8. The molecule has 0 unspecified atom stereocenters. The Hall–Kier alpha value is -0.220. The lowest BCUT2D eigenvalue weighted by molar-refractivity contribution is -0.119. The van der Waals surface area contributed by atoms with Crippen molar-refractivity contribution in [2.45, 2.75) is 31.7 Å². The fourth-order valence-electron chi connectivity index (χ4n) is 1.85. The number of halogens is 2. The molecule has 0 aliphatic carbocycles. The molecule has 0 radical (unpaired) electrons. The first-order chi connectivity index (χ1) is 6.04. The topological polar surface area (TPSA) is 12.5 Å². The number of alkyl halides is 2. The summed E-state index contributed by atoms with van der Waals surface area (Å²) in [4.78, 5) is 1.72. The van der Waals surface area contributed by atoms with Crippen LogP contribution in [0.15, 0.2) is 0 Å². The summed E-state index contributed by atoms with van der Waals surface area (Å²) in [6, 6.07) is 0. The Morgan fingerprint density at radius 1 is 1.23 bits per heavy atom. The van der Waals surface area contributed by atoms with Crippen LogP contribution in [0.4, 0.5) is 8.78 Å². The number of ether oxygens (including phenoxy) is 1. The number of nitrogens with zero attached hydrogens (tertiary/aromatic N) is 1. The maximum Gasteiger partial charge on any atom is 0.262 e. The summed E-state index contributed by atoms with van der Waals surface area (Å²) in [6.07, 6.45) is -0.0312. The van der Waals surface area contributed by atoms with Crippen molar-refractivity contribution in [2.75, 3.05) is 26.8 Å². The summed E-state index contributed by atoms with van der Waals surface area (Å²) in [5, 5.41) is 0. The highest BCUT2D eigenvalue weighted by Gasteiger charge is 2.57. The third kappa shape index (κ3) is 1.83. The minimum absolute atomic E-state index is 0.0312. The molecule has 2 aliphatic rings. The maximum atomic E-state index is 12.8. The second-order valence-corrected chi connectivity index (χ2v) is 3.61. The molecule has 2 nitrogen and oxygen atoms in total. The molecule has 78 valence electrons. The Bertz CT molecular complexity index is 180. The molecule has 0 aromatic heterocycles. The van der Waals surface area contributed by atoms with Gasteiger partial charge >= 0.3 is 0 Å². The Morgan fingerprint density at radius 3 is 1.92 bits per heavy atom. The molecule has 2 rings (SSSR count). The summed E-state index contributed by atoms with van der Waals surface area (Å²) >= 11 is 0. The van der Waals surface area contributed by atoms with Crippen molar-refractivity contribution in [1.29, 1.82) is 0 Å². The van der Waals surface area contributed by atoms with E-state index in [0.717, 1.165) is 0 Å². The summed E-state index contributed by atoms with van der Waals surface area (Å²) in [5.74, 6) is -2.50. The molecule has 2 heterocycles. The van der Waals surface area contributed by atoms with Gasteiger partial charge in [-0.15, -0.1) is 0 Å². The van der Waals surface area contributed by atoms with Crippen LogP contribution in [-0.4, -0.2) is 43.2 Å². The fraction of sp³-hybridized carbons (Fsp3) is 1.00. The smallest absolute Gasteiger partial charge is 0.262 e. The van der Waals surface area contributed by atoms with Gasteiger partial charge in [-0.3, -0.25) is 4.90 Å². The Morgan fingerprint density at radius 2 is 1.77 bits per heavy atom. The number of hydrogen-bond donors (Lipinski definition) is 0. The molecule has 0 atom stereocenters. The van der Waals surface area contributed by atoms with Crippen LogP contribution in [0.2, 0.25) is 0 Å². The molecular formula is C9H17F2NO. The van der Waals surface area contributed by atoms with Crippen molar-refractivity contribution < 1.29 is 13.5 Å². The monoisotopic (exact) mass is 193 g/mol. The average Bonchev–Trinajstić information content (AvgIpc) is 2.24. The van der Waals surface area contributed by atoms with Crippen molar-refractivity contribution >= 4 is 0 Å². The van der Waals surface area contributed by atoms with Crippen molar-refractivity contribution in [3.63, 3.8) is 0 Å². The van der Waals surface area contributed by atoms with Gasteiger partial charge in [0.2, 0.25) is 0 Å². The van der Waals surface area contributed by atoms with Gasteiger partial charge in [0.15, 0.2) is 0 Å². The van der Waals surface area contributed by atoms with Crippen molar-refractivity contribution in [1.82, 2.24) is 4.90 Å². The number of hydrogen-bond acceptors (Lipinski definition) is 2. The average molecular weight is 193 g/mol. The first-order valence-corrected chi connectivity index (χ1v) is 4.71. The van der Waals surface area contributed by atoms with E-state index in [4.69, 9.17) is 4.74 Å². The molecule has 0 amide bonds. The minimum atomic E-state index is -2.50. The molecule has 0 saturated carbocycles. The summed E-state index contributed by atoms with van der Waals surface area (Å²) in [5.41, 5.74) is -0.330. The molecule has 2 saturated heterocycles. The van der Waals surface area contributed by atoms with E-state index in [9.17, 15) is 8.78 Å². The van der Waals surface area contributed by atoms with Gasteiger partial charge < -0.3 is 4.74 Å². The van der Waals surface area contributed by atoms with Gasteiger partial charge in [0.25, 0.3) is 5.92 Å². The van der Waals surface area contributed by atoms with E-state index in [0.29, 0.717) is 13.2 Å². The normalized spacial score (nSPS) is 29.3. The van der Waals surface area contributed by atoms with E-state index < -0.39 is 5.92 Å². The predicted molar refractivity (Wildman–Crippen MR) is 47.1 cm³/mol. The molecule has 2 fully saturated rings. The fourth-order valence-corrected chi connectivity index (χ4v) is 1.85. The van der Waals surface area contributed by atoms with Crippen LogP contribution in [-0.2, 0) is 4.74 Å². The number of rotatable bonds is 0. The van der Waals surface area contributed by atoms with Crippen LogP contribution < -0.4 is 0 Å². The molecule has 0 bridgehead atoms. The molecule has 0 N–H and O–H groups in total. The van der Waals surface area contributed by atoms with Crippen LogP contribution in [0.1, 0.15) is 20.3 Å². The van der Waals surface area contributed by atoms with Gasteiger partial charge in [0.05, 0.1) is 25.3 Å². The predicted octanol–water partition coefficient (Wildman–Crippen LogP) is 1.75. The lowest BCUT2D eigenvalue weighted by Crippen LogP contribution is -2.57. The Balaban J connectivity index is 0.000000396. The van der Waals surface area contributed by atoms with E-state index in [1.54, 1.807) is 11.9 Å². The van der Waals surface area contributed by atoms with Crippen molar-refractivity contribution in [3.8, 4) is 0 Å². The van der Waals surface area contributed by atoms with Crippen LogP contribution in [0.5, 0.6) is 0 Å². The van der Waals surface area contributed by atoms with Gasteiger partial charge in [0, 0.05) is 6.42 Å². The molecule has 0 aromatic rings. The van der Waals surface area contributed by atoms with E-state index >= 15 is 0 Å². The largest absolute Gasteiger partial charge is 0.377 e. The second kappa shape index (κ2) is 3.50. The third-order valence-corrected chi connectivity index (χ3v) is 2.61. The van der Waals surface area contributed by atoms with Crippen LogP contribution in [0.25, 0.3) is 0 Å². The molecule has 2 aliphatic heterocycles. The Labute approximate surface area is 77.9 Å². The third-order valence-electron chi connectivity index (χ3n) is 2.61. The zero-order valence-electron chi connectivity index (χ0n) is 8.44. The van der Waals surface area contributed by atoms with Crippen molar-refractivity contribution in [2.24, 2.45) is 0 Å². The standard InChI is InChI=1S/C7H11F2NO.C2H6/c1-10-3-7(8,9)2-6(10)4-11-5-6;1-2/h2-5H2,1H3;1-2H3. The molecule has 0 aromatic carbocycles. The molecule has 13 heavy (non-hydrogen) atoms. The van der Waals surface area contributed by atoms with Gasteiger partial charge in [0.1, 0.15) is 0 Å². The minimum Gasteiger partial charge on any atom is -0.377 e. The first-order valence-electron chi connectivity index (χ1n) is 4.71. The lowest BCUT2D eigenvalue weighted by Gasteiger charge is -2.42. The van der Waals surface area contributed by atoms with Crippen molar-refractivity contribution in [3.05, 3.63) is 0 Å². The summed E-state index contributed by atoms with van der Waals surface area (Å²) in [6.45, 7) is 4.83. The van der Waals surface area contributed by atoms with Gasteiger partial charge in [-0.25, -0.2) is 8.78 Å². The van der Waals surface area contributed by atoms with Crippen LogP contribution >= 0.6 is 0 Å². The SMILES string of the molecule is CC.CN1CC(F)(F)CC12COC2. The van der Waals surface area contributed by atoms with E-state index in [2.05, 4.69) is 0 Å². The van der Waals surface area contributed by atoms with Gasteiger partial charge in [-0.1, -0.05) is 13.8 Å². The Kier molecular flexibility index (Phi) is 2.92. The number of likely N-dealkylation sites (tertiary alicyclic amines) is 1. The zero-order chi connectivity index (χ0) is 10.1. The molecule has 4 heteroatoms. The highest BCUT2D eigenvalue weighted by molar-refractivity contribution is 5.05. The van der Waals surface area contributed by atoms with E-state index in [-0.39, 0.29) is 18.5 Å². The summed E-state index contributed by atoms with van der Waals surface area (Å²) < 4.78 is 30.6. The van der Waals surface area contributed by atoms with E-state index in [1.165, 1.54) is 0 Å². The van der Waals surface area contributed by atoms with E-state index in [1.807, 2.05) is 13.8 Å². The molecular weight excluding hydrogens is 176 g/mol. The van der Waals surface area contributed by atoms with Crippen LogP contribution in [0.3, 0.4) is 0 Å². The van der Waals surface area contributed by atoms with Crippen LogP contribution in [0, 0.1) is 0 Å². The number of likely N-dealkylation sites (N-methyl/N-ethyl adjacent to an activating group) is 1. The van der Waals surface area contributed by atoms with Gasteiger partial charge in [-0.05, 0) is 7.05 Å². The zero-order valence-corrected chi connectivity index (χ0v) is 8.44. The quantitative estimate of drug-likeness (QED) is 0.581. The summed E-state index contributed by atoms with van der Waals surface area (Å²) in [7, 11) is 1.74. The first kappa shape index (κ1) is 10.9. The second-order valence-electron chi connectivity index (χ2n) is 3.61. The highest BCUT2D eigenvalue weighted by Crippen LogP contribution is 2.42. The molecule has 1 spiro atoms. The van der Waals surface area contributed by atoms with Gasteiger partial charge in [-0.2, -0.15) is 0 Å².